The molecule has 0 unspecified atom stereocenters. The highest BCUT2D eigenvalue weighted by atomic mass is 32.2. The number of pyridine rings is 1. The molecule has 7 heteroatoms. The van der Waals surface area contributed by atoms with Gasteiger partial charge in [-0.25, -0.2) is 9.78 Å². The number of rotatable bonds is 3. The minimum atomic E-state index is -0.475. The van der Waals surface area contributed by atoms with Crippen molar-refractivity contribution >= 4 is 29.3 Å². The minimum absolute atomic E-state index is 0.0483. The van der Waals surface area contributed by atoms with E-state index in [-0.39, 0.29) is 23.4 Å². The van der Waals surface area contributed by atoms with Crippen molar-refractivity contribution in [3.63, 3.8) is 0 Å². The summed E-state index contributed by atoms with van der Waals surface area (Å²) in [6, 6.07) is 5.25. The van der Waals surface area contributed by atoms with E-state index in [1.165, 1.54) is 0 Å². The molecule has 2 atom stereocenters. The van der Waals surface area contributed by atoms with Gasteiger partial charge in [0, 0.05) is 24.6 Å². The predicted molar refractivity (Wildman–Crippen MR) is 85.7 cm³/mol. The summed E-state index contributed by atoms with van der Waals surface area (Å²) < 4.78 is 7.31. The number of imidazole rings is 1. The highest BCUT2D eigenvalue weighted by Gasteiger charge is 2.53. The van der Waals surface area contributed by atoms with Crippen molar-refractivity contribution in [3.8, 4) is 0 Å². The largest absolute Gasteiger partial charge is 0.458 e. The molecule has 0 bridgehead atoms. The third kappa shape index (κ3) is 2.39. The molecule has 0 N–H and O–H groups in total. The standard InChI is InChI=1S/C16H17N3O3S/c1-16-6-5-14(20)19(16)12(10-23-16)15(21)22-9-11-8-18-7-3-2-4-13(18)17-11/h2-4,7-8,12H,5-6,9-10H2,1H3/t12-,16+/m0/s1. The van der Waals surface area contributed by atoms with E-state index in [0.717, 1.165) is 12.1 Å². The van der Waals surface area contributed by atoms with Gasteiger partial charge in [-0.3, -0.25) is 4.79 Å². The fraction of sp³-hybridized carbons (Fsp3) is 0.438. The number of esters is 1. The quantitative estimate of drug-likeness (QED) is 0.803. The topological polar surface area (TPSA) is 63.9 Å². The summed E-state index contributed by atoms with van der Waals surface area (Å²) in [7, 11) is 0. The van der Waals surface area contributed by atoms with Gasteiger partial charge in [-0.05, 0) is 25.5 Å². The lowest BCUT2D eigenvalue weighted by molar-refractivity contribution is -0.154. The molecule has 0 aliphatic carbocycles. The van der Waals surface area contributed by atoms with Crippen molar-refractivity contribution in [3.05, 3.63) is 36.3 Å². The Kier molecular flexibility index (Phi) is 3.33. The second-order valence-corrected chi connectivity index (χ2v) is 7.57. The van der Waals surface area contributed by atoms with Gasteiger partial charge in [0.25, 0.3) is 0 Å². The number of amides is 1. The summed E-state index contributed by atoms with van der Waals surface area (Å²) >= 11 is 1.67. The molecule has 1 amide bonds. The Morgan fingerprint density at radius 1 is 1.52 bits per heavy atom. The molecule has 6 nitrogen and oxygen atoms in total. The molecular weight excluding hydrogens is 314 g/mol. The number of thioether (sulfide) groups is 1. The van der Waals surface area contributed by atoms with E-state index in [0.29, 0.717) is 17.9 Å². The molecule has 4 rings (SSSR count). The number of carbonyl (C=O) groups excluding carboxylic acids is 2. The zero-order valence-corrected chi connectivity index (χ0v) is 13.6. The van der Waals surface area contributed by atoms with Gasteiger partial charge in [0.05, 0.1) is 10.6 Å². The van der Waals surface area contributed by atoms with Crippen molar-refractivity contribution in [2.75, 3.05) is 5.75 Å². The molecule has 2 aliphatic rings. The number of ether oxygens (including phenoxy) is 1. The Morgan fingerprint density at radius 2 is 2.39 bits per heavy atom. The first-order valence-corrected chi connectivity index (χ1v) is 8.61. The molecule has 0 saturated carbocycles. The first kappa shape index (κ1) is 14.6. The van der Waals surface area contributed by atoms with Gasteiger partial charge >= 0.3 is 5.97 Å². The van der Waals surface area contributed by atoms with Crippen LogP contribution >= 0.6 is 11.8 Å². The number of aromatic nitrogens is 2. The van der Waals surface area contributed by atoms with Crippen molar-refractivity contribution in [2.45, 2.75) is 37.3 Å². The molecule has 120 valence electrons. The maximum atomic E-state index is 12.4. The van der Waals surface area contributed by atoms with Gasteiger partial charge < -0.3 is 14.0 Å². The molecule has 2 aliphatic heterocycles. The Bertz CT molecular complexity index is 757. The zero-order chi connectivity index (χ0) is 16.0. The van der Waals surface area contributed by atoms with Crippen LogP contribution in [0.4, 0.5) is 0 Å². The number of nitrogens with zero attached hydrogens (tertiary/aromatic N) is 3. The highest BCUT2D eigenvalue weighted by Crippen LogP contribution is 2.47. The summed E-state index contributed by atoms with van der Waals surface area (Å²) in [5.74, 6) is 0.312. The molecule has 2 fully saturated rings. The van der Waals surface area contributed by atoms with Crippen LogP contribution in [-0.2, 0) is 20.9 Å². The molecule has 2 aromatic rings. The van der Waals surface area contributed by atoms with E-state index >= 15 is 0 Å². The van der Waals surface area contributed by atoms with E-state index in [1.807, 2.05) is 41.9 Å². The Labute approximate surface area is 137 Å². The van der Waals surface area contributed by atoms with Crippen LogP contribution in [0, 0.1) is 0 Å². The van der Waals surface area contributed by atoms with Crippen molar-refractivity contribution in [1.29, 1.82) is 0 Å². The summed E-state index contributed by atoms with van der Waals surface area (Å²) in [5, 5.41) is 0. The van der Waals surface area contributed by atoms with Gasteiger partial charge in [0.15, 0.2) is 0 Å². The maximum Gasteiger partial charge on any atom is 0.330 e. The smallest absolute Gasteiger partial charge is 0.330 e. The van der Waals surface area contributed by atoms with E-state index in [4.69, 9.17) is 4.74 Å². The van der Waals surface area contributed by atoms with Gasteiger partial charge in [-0.2, -0.15) is 0 Å². The Morgan fingerprint density at radius 3 is 3.22 bits per heavy atom. The van der Waals surface area contributed by atoms with Crippen molar-refractivity contribution in [2.24, 2.45) is 0 Å². The SMILES string of the molecule is C[C@@]12CCC(=O)N1[C@H](C(=O)OCc1cn3ccccc3n1)CS2. The number of hydrogen-bond acceptors (Lipinski definition) is 5. The Balaban J connectivity index is 1.45. The molecule has 2 aromatic heterocycles. The second-order valence-electron chi connectivity index (χ2n) is 6.07. The molecule has 4 heterocycles. The molecular formula is C16H17N3O3S. The summed E-state index contributed by atoms with van der Waals surface area (Å²) in [4.78, 5) is 30.3. The fourth-order valence-corrected chi connectivity index (χ4v) is 4.71. The van der Waals surface area contributed by atoms with Crippen LogP contribution in [0.2, 0.25) is 0 Å². The summed E-state index contributed by atoms with van der Waals surface area (Å²) in [5.41, 5.74) is 1.52. The van der Waals surface area contributed by atoms with Crippen LogP contribution in [0.3, 0.4) is 0 Å². The lowest BCUT2D eigenvalue weighted by Gasteiger charge is -2.29. The van der Waals surface area contributed by atoms with Crippen LogP contribution in [-0.4, -0.2) is 42.8 Å². The fourth-order valence-electron chi connectivity index (χ4n) is 3.29. The van der Waals surface area contributed by atoms with Gasteiger partial charge in [0.2, 0.25) is 5.91 Å². The van der Waals surface area contributed by atoms with Crippen LogP contribution in [0.15, 0.2) is 30.6 Å². The first-order chi connectivity index (χ1) is 11.1. The van der Waals surface area contributed by atoms with Crippen molar-refractivity contribution in [1.82, 2.24) is 14.3 Å². The molecule has 23 heavy (non-hydrogen) atoms. The maximum absolute atomic E-state index is 12.4. The third-order valence-corrected chi connectivity index (χ3v) is 6.00. The van der Waals surface area contributed by atoms with Gasteiger partial charge in [0.1, 0.15) is 18.3 Å². The lowest BCUT2D eigenvalue weighted by atomic mass is 10.2. The molecule has 0 spiro atoms. The average molecular weight is 331 g/mol. The van der Waals surface area contributed by atoms with Gasteiger partial charge in [-0.1, -0.05) is 6.07 Å². The van der Waals surface area contributed by atoms with Crippen LogP contribution in [0.5, 0.6) is 0 Å². The van der Waals surface area contributed by atoms with E-state index in [9.17, 15) is 9.59 Å². The first-order valence-electron chi connectivity index (χ1n) is 7.62. The number of fused-ring (bicyclic) bond motifs is 2. The average Bonchev–Trinajstić information content (AvgIpc) is 3.18. The lowest BCUT2D eigenvalue weighted by Crippen LogP contribution is -2.46. The summed E-state index contributed by atoms with van der Waals surface area (Å²) in [6.45, 7) is 2.15. The molecule has 2 saturated heterocycles. The van der Waals surface area contributed by atoms with Crippen LogP contribution in [0.1, 0.15) is 25.5 Å². The third-order valence-electron chi connectivity index (χ3n) is 4.49. The molecule has 0 aromatic carbocycles. The van der Waals surface area contributed by atoms with E-state index in [2.05, 4.69) is 4.98 Å². The van der Waals surface area contributed by atoms with Crippen LogP contribution in [0.25, 0.3) is 5.65 Å². The second kappa shape index (κ2) is 5.26. The Hall–Kier alpha value is -2.02. The molecule has 0 radical (unpaired) electrons. The minimum Gasteiger partial charge on any atom is -0.458 e. The van der Waals surface area contributed by atoms with Gasteiger partial charge in [-0.15, -0.1) is 11.8 Å². The predicted octanol–water partition coefficient (Wildman–Crippen LogP) is 1.83. The number of hydrogen-bond donors (Lipinski definition) is 0. The normalized spacial score (nSPS) is 26.7. The highest BCUT2D eigenvalue weighted by molar-refractivity contribution is 8.01. The summed E-state index contributed by atoms with van der Waals surface area (Å²) in [6.07, 6.45) is 5.05. The van der Waals surface area contributed by atoms with Crippen molar-refractivity contribution < 1.29 is 14.3 Å². The van der Waals surface area contributed by atoms with E-state index in [1.54, 1.807) is 16.7 Å². The van der Waals surface area contributed by atoms with Crippen LogP contribution < -0.4 is 0 Å². The van der Waals surface area contributed by atoms with E-state index < -0.39 is 6.04 Å². The zero-order valence-electron chi connectivity index (χ0n) is 12.8. The number of carbonyl (C=O) groups is 2. The monoisotopic (exact) mass is 331 g/mol.